The molecular weight excluding hydrogens is 362 g/mol. The Morgan fingerprint density at radius 2 is 1.86 bits per heavy atom. The predicted molar refractivity (Wildman–Crippen MR) is 115 cm³/mol. The van der Waals surface area contributed by atoms with Crippen molar-refractivity contribution in [2.75, 3.05) is 0 Å². The number of hydrogen-bond donors (Lipinski definition) is 2. The minimum Gasteiger partial charge on any atom is -0.411 e. The van der Waals surface area contributed by atoms with Gasteiger partial charge in [0.25, 0.3) is 0 Å². The highest BCUT2D eigenvalue weighted by atomic mass is 16.6. The lowest BCUT2D eigenvalue weighted by Crippen LogP contribution is -2.56. The van der Waals surface area contributed by atoms with Crippen LogP contribution in [0, 0.1) is 34.5 Å². The zero-order chi connectivity index (χ0) is 20.2. The second kappa shape index (κ2) is 7.25. The highest BCUT2D eigenvalue weighted by molar-refractivity contribution is 5.95. The Hall–Kier alpha value is -1.10. The molecule has 0 spiro atoms. The fourth-order valence-electron chi connectivity index (χ4n) is 8.29. The van der Waals surface area contributed by atoms with E-state index in [0.717, 1.165) is 68.2 Å². The molecule has 5 saturated carbocycles. The van der Waals surface area contributed by atoms with Crippen LogP contribution >= 0.6 is 0 Å². The van der Waals surface area contributed by atoms with Gasteiger partial charge in [-0.15, -0.1) is 0 Å². The lowest BCUT2D eigenvalue weighted by molar-refractivity contribution is -0.0555. The number of nitrogens with zero attached hydrogens (tertiary/aromatic N) is 2. The van der Waals surface area contributed by atoms with Gasteiger partial charge in [0.05, 0.1) is 11.4 Å². The fourth-order valence-corrected chi connectivity index (χ4v) is 8.29. The maximum Gasteiger partial charge on any atom is 0.142 e. The van der Waals surface area contributed by atoms with Gasteiger partial charge < -0.3 is 15.8 Å². The second-order valence-electron chi connectivity index (χ2n) is 11.4. The predicted octanol–water partition coefficient (Wildman–Crippen LogP) is 5.11. The van der Waals surface area contributed by atoms with Crippen molar-refractivity contribution in [2.45, 2.75) is 103 Å². The zero-order valence-corrected chi connectivity index (χ0v) is 18.3. The third-order valence-corrected chi connectivity index (χ3v) is 10.0. The summed E-state index contributed by atoms with van der Waals surface area (Å²) in [5.41, 5.74) is 9.09. The summed E-state index contributed by atoms with van der Waals surface area (Å²) in [6.45, 7) is 5.02. The average molecular weight is 402 g/mol. The molecule has 0 radical (unpaired) electrons. The van der Waals surface area contributed by atoms with Gasteiger partial charge in [-0.25, -0.2) is 0 Å². The molecule has 0 aromatic heterocycles. The van der Waals surface area contributed by atoms with Crippen LogP contribution < -0.4 is 5.73 Å². The molecule has 29 heavy (non-hydrogen) atoms. The Kier molecular flexibility index (Phi) is 4.96. The highest BCUT2D eigenvalue weighted by Gasteiger charge is 2.59. The van der Waals surface area contributed by atoms with Crippen molar-refractivity contribution >= 4 is 11.4 Å². The lowest BCUT2D eigenvalue weighted by Gasteiger charge is -2.59. The van der Waals surface area contributed by atoms with Crippen LogP contribution in [0.5, 0.6) is 0 Å². The first-order valence-corrected chi connectivity index (χ1v) is 12.1. The summed E-state index contributed by atoms with van der Waals surface area (Å²) in [6, 6.07) is 0.126. The van der Waals surface area contributed by atoms with Crippen molar-refractivity contribution in [3.8, 4) is 0 Å². The van der Waals surface area contributed by atoms with Gasteiger partial charge in [0, 0.05) is 12.0 Å². The number of oxime groups is 2. The Balaban J connectivity index is 1.36. The Morgan fingerprint density at radius 3 is 2.62 bits per heavy atom. The van der Waals surface area contributed by atoms with Crippen LogP contribution in [0.15, 0.2) is 10.3 Å². The van der Waals surface area contributed by atoms with Crippen molar-refractivity contribution in [3.05, 3.63) is 0 Å². The van der Waals surface area contributed by atoms with E-state index in [1.54, 1.807) is 0 Å². The first kappa shape index (κ1) is 19.8. The van der Waals surface area contributed by atoms with Crippen molar-refractivity contribution in [1.82, 2.24) is 0 Å². The van der Waals surface area contributed by atoms with Gasteiger partial charge in [0.15, 0.2) is 0 Å². The summed E-state index contributed by atoms with van der Waals surface area (Å²) in [5, 5.41) is 18.4. The van der Waals surface area contributed by atoms with E-state index in [9.17, 15) is 5.21 Å². The van der Waals surface area contributed by atoms with Crippen molar-refractivity contribution < 1.29 is 10.0 Å². The van der Waals surface area contributed by atoms with Crippen LogP contribution in [0.3, 0.4) is 0 Å². The van der Waals surface area contributed by atoms with E-state index in [0.29, 0.717) is 17.3 Å². The normalized spacial score (nSPS) is 52.2. The maximum absolute atomic E-state index is 9.96. The molecular formula is C24H39N3O2. The van der Waals surface area contributed by atoms with E-state index in [1.165, 1.54) is 32.1 Å². The molecule has 5 nitrogen and oxygen atoms in total. The largest absolute Gasteiger partial charge is 0.411 e. The number of rotatable bonds is 2. The maximum atomic E-state index is 9.96. The number of fused-ring (bicyclic) bond motifs is 5. The Bertz CT molecular complexity index is 706. The summed E-state index contributed by atoms with van der Waals surface area (Å²) in [6.07, 6.45) is 14.2. The van der Waals surface area contributed by atoms with Gasteiger partial charge in [-0.1, -0.05) is 30.6 Å². The molecule has 0 bridgehead atoms. The molecule has 5 fully saturated rings. The first-order chi connectivity index (χ1) is 13.9. The van der Waals surface area contributed by atoms with Crippen LogP contribution in [0.4, 0.5) is 0 Å². The topological polar surface area (TPSA) is 80.2 Å². The number of nitrogens with two attached hydrogens (primary N) is 1. The molecule has 8 atom stereocenters. The summed E-state index contributed by atoms with van der Waals surface area (Å²) in [7, 11) is 0. The molecule has 0 saturated heterocycles. The van der Waals surface area contributed by atoms with E-state index in [1.807, 2.05) is 0 Å². The van der Waals surface area contributed by atoms with Crippen LogP contribution in [-0.4, -0.2) is 28.8 Å². The molecule has 0 heterocycles. The third-order valence-electron chi connectivity index (χ3n) is 10.0. The van der Waals surface area contributed by atoms with Crippen molar-refractivity contribution in [2.24, 2.45) is 50.5 Å². The lowest BCUT2D eigenvalue weighted by atomic mass is 9.45. The highest BCUT2D eigenvalue weighted by Crippen LogP contribution is 2.65. The minimum absolute atomic E-state index is 0.0796. The van der Waals surface area contributed by atoms with E-state index in [4.69, 9.17) is 10.6 Å². The molecule has 5 aliphatic carbocycles. The van der Waals surface area contributed by atoms with Crippen molar-refractivity contribution in [1.29, 1.82) is 0 Å². The van der Waals surface area contributed by atoms with E-state index >= 15 is 0 Å². The molecule has 162 valence electrons. The molecule has 0 amide bonds. The Labute approximate surface area is 175 Å². The van der Waals surface area contributed by atoms with Gasteiger partial charge in [-0.2, -0.15) is 0 Å². The van der Waals surface area contributed by atoms with E-state index in [-0.39, 0.29) is 17.6 Å². The molecule has 5 heteroatoms. The Morgan fingerprint density at radius 1 is 1.00 bits per heavy atom. The van der Waals surface area contributed by atoms with Gasteiger partial charge >= 0.3 is 0 Å². The van der Waals surface area contributed by atoms with Crippen LogP contribution in [-0.2, 0) is 4.84 Å². The van der Waals surface area contributed by atoms with Crippen LogP contribution in [0.1, 0.15) is 90.9 Å². The summed E-state index contributed by atoms with van der Waals surface area (Å²) >= 11 is 0. The standard InChI is InChI=1S/C24H39N3O2/c1-23-10-4-5-17(23)16-14-21(26-28)19-13-15(27-29-22-7-3-6-20(22)25)8-12-24(19,2)18(16)9-11-23/h16-20,22,28H,3-14,25H2,1-2H3/b26-21+,27-15?/t16-,17-,18-,19?,20-,22+,23-,24+/m0/s1. The molecule has 1 unspecified atom stereocenters. The van der Waals surface area contributed by atoms with Gasteiger partial charge in [-0.05, 0) is 99.2 Å². The third kappa shape index (κ3) is 3.14. The number of hydrogen-bond acceptors (Lipinski definition) is 5. The average Bonchev–Trinajstić information content (AvgIpc) is 3.30. The van der Waals surface area contributed by atoms with Crippen LogP contribution in [0.25, 0.3) is 0 Å². The summed E-state index contributed by atoms with van der Waals surface area (Å²) < 4.78 is 0. The van der Waals surface area contributed by atoms with Gasteiger partial charge in [0.1, 0.15) is 6.10 Å². The molecule has 5 aliphatic rings. The monoisotopic (exact) mass is 401 g/mol. The first-order valence-electron chi connectivity index (χ1n) is 12.1. The van der Waals surface area contributed by atoms with Crippen LogP contribution in [0.2, 0.25) is 0 Å². The fraction of sp³-hybridized carbons (Fsp3) is 0.917. The molecule has 0 aromatic carbocycles. The summed E-state index contributed by atoms with van der Waals surface area (Å²) in [4.78, 5) is 5.87. The molecule has 0 aliphatic heterocycles. The van der Waals surface area contributed by atoms with Gasteiger partial charge in [-0.3, -0.25) is 0 Å². The summed E-state index contributed by atoms with van der Waals surface area (Å²) in [5.74, 6) is 2.60. The smallest absolute Gasteiger partial charge is 0.142 e. The SMILES string of the molecule is C[C@@]12CCC[C@H]1[C@@H]1C/C(=N\O)C3CC(=NO[C@@H]4CCC[C@@H]4N)CC[C@]3(C)[C@H]1CC2. The minimum atomic E-state index is 0.0796. The second-order valence-corrected chi connectivity index (χ2v) is 11.4. The van der Waals surface area contributed by atoms with E-state index in [2.05, 4.69) is 24.2 Å². The van der Waals surface area contributed by atoms with E-state index < -0.39 is 0 Å². The van der Waals surface area contributed by atoms with Gasteiger partial charge in [0.2, 0.25) is 0 Å². The van der Waals surface area contributed by atoms with Crippen molar-refractivity contribution in [3.63, 3.8) is 0 Å². The quantitative estimate of drug-likeness (QED) is 0.498. The molecule has 3 N–H and O–H groups in total. The molecule has 5 rings (SSSR count). The zero-order valence-electron chi connectivity index (χ0n) is 18.3. The molecule has 0 aromatic rings.